The average molecular weight is 310 g/mol. The molecule has 2 heteroatoms. The predicted molar refractivity (Wildman–Crippen MR) is 99.4 cm³/mol. The third kappa shape index (κ3) is 1.77. The van der Waals surface area contributed by atoms with Gasteiger partial charge in [0.15, 0.2) is 0 Å². The maximum absolute atomic E-state index is 5.00. The number of aromatic nitrogens is 2. The molecule has 0 atom stereocenters. The van der Waals surface area contributed by atoms with Crippen molar-refractivity contribution in [2.45, 2.75) is 26.7 Å². The Kier molecular flexibility index (Phi) is 2.78. The molecule has 0 radical (unpaired) electrons. The Labute approximate surface area is 141 Å². The van der Waals surface area contributed by atoms with Crippen LogP contribution in [0.1, 0.15) is 22.3 Å². The molecule has 0 bridgehead atoms. The standard InChI is InChI=1S/C22H18N2/c1-13-15-7-3-5-9-19(15)23-21-17(13)11-12-18-14(2)16-8-4-6-10-20(16)24-22(18)21/h3-10H,11-12H2,1-2H3. The lowest BCUT2D eigenvalue weighted by Gasteiger charge is -2.23. The number of aryl methyl sites for hydroxylation is 2. The molecule has 0 unspecified atom stereocenters. The summed E-state index contributed by atoms with van der Waals surface area (Å²) < 4.78 is 0. The third-order valence-corrected chi connectivity index (χ3v) is 5.41. The first-order valence-electron chi connectivity index (χ1n) is 8.51. The number of nitrogens with zero attached hydrogens (tertiary/aromatic N) is 2. The smallest absolute Gasteiger partial charge is 0.0931 e. The van der Waals surface area contributed by atoms with E-state index < -0.39 is 0 Å². The van der Waals surface area contributed by atoms with E-state index in [2.05, 4.69) is 62.4 Å². The quantitative estimate of drug-likeness (QED) is 0.448. The largest absolute Gasteiger partial charge is 0.246 e. The van der Waals surface area contributed by atoms with Gasteiger partial charge in [-0.25, -0.2) is 9.97 Å². The molecule has 0 fully saturated rings. The highest BCUT2D eigenvalue weighted by molar-refractivity contribution is 5.91. The molecule has 5 rings (SSSR count). The molecule has 1 aliphatic rings. The van der Waals surface area contributed by atoms with Gasteiger partial charge < -0.3 is 0 Å². The Morgan fingerprint density at radius 2 is 1.04 bits per heavy atom. The van der Waals surface area contributed by atoms with E-state index in [1.165, 1.54) is 33.0 Å². The van der Waals surface area contributed by atoms with Crippen molar-refractivity contribution in [3.8, 4) is 11.4 Å². The summed E-state index contributed by atoms with van der Waals surface area (Å²) in [6.07, 6.45) is 2.10. The molecule has 0 N–H and O–H groups in total. The van der Waals surface area contributed by atoms with Crippen LogP contribution in [0.15, 0.2) is 48.5 Å². The van der Waals surface area contributed by atoms with Crippen LogP contribution in [0.4, 0.5) is 0 Å². The first kappa shape index (κ1) is 13.7. The van der Waals surface area contributed by atoms with E-state index in [0.717, 1.165) is 35.3 Å². The molecule has 4 aromatic rings. The van der Waals surface area contributed by atoms with Crippen LogP contribution < -0.4 is 0 Å². The van der Waals surface area contributed by atoms with Crippen molar-refractivity contribution in [1.82, 2.24) is 9.97 Å². The predicted octanol–water partition coefficient (Wildman–Crippen LogP) is 5.17. The van der Waals surface area contributed by atoms with E-state index in [4.69, 9.17) is 9.97 Å². The van der Waals surface area contributed by atoms with Gasteiger partial charge in [0, 0.05) is 10.8 Å². The molecule has 0 saturated heterocycles. The second-order valence-corrected chi connectivity index (χ2v) is 6.66. The van der Waals surface area contributed by atoms with Crippen molar-refractivity contribution in [2.75, 3.05) is 0 Å². The highest BCUT2D eigenvalue weighted by atomic mass is 14.8. The van der Waals surface area contributed by atoms with Gasteiger partial charge in [-0.05, 0) is 61.1 Å². The van der Waals surface area contributed by atoms with Gasteiger partial charge in [-0.3, -0.25) is 0 Å². The molecule has 0 saturated carbocycles. The Morgan fingerprint density at radius 1 is 0.625 bits per heavy atom. The van der Waals surface area contributed by atoms with E-state index >= 15 is 0 Å². The number of hydrogen-bond acceptors (Lipinski definition) is 2. The minimum Gasteiger partial charge on any atom is -0.246 e. The summed E-state index contributed by atoms with van der Waals surface area (Å²) in [6.45, 7) is 4.45. The zero-order chi connectivity index (χ0) is 16.3. The number of benzene rings is 2. The molecule has 0 spiro atoms. The van der Waals surface area contributed by atoms with Gasteiger partial charge >= 0.3 is 0 Å². The zero-order valence-corrected chi connectivity index (χ0v) is 13.9. The molecule has 1 aliphatic carbocycles. The topological polar surface area (TPSA) is 25.8 Å². The van der Waals surface area contributed by atoms with Gasteiger partial charge in [-0.2, -0.15) is 0 Å². The Balaban J connectivity index is 1.91. The fraction of sp³-hybridized carbons (Fsp3) is 0.182. The van der Waals surface area contributed by atoms with Crippen molar-refractivity contribution in [1.29, 1.82) is 0 Å². The molecule has 2 heterocycles. The van der Waals surface area contributed by atoms with Gasteiger partial charge in [-0.15, -0.1) is 0 Å². The van der Waals surface area contributed by atoms with Crippen LogP contribution in [0.3, 0.4) is 0 Å². The van der Waals surface area contributed by atoms with Crippen LogP contribution in [0.2, 0.25) is 0 Å². The van der Waals surface area contributed by atoms with E-state index in [-0.39, 0.29) is 0 Å². The maximum atomic E-state index is 5.00. The minimum absolute atomic E-state index is 1.05. The number of hydrogen-bond donors (Lipinski definition) is 0. The van der Waals surface area contributed by atoms with E-state index in [1.54, 1.807) is 0 Å². The summed E-state index contributed by atoms with van der Waals surface area (Å²) in [5.41, 5.74) is 9.74. The normalized spacial score (nSPS) is 13.1. The fourth-order valence-electron chi connectivity index (χ4n) is 4.09. The summed E-state index contributed by atoms with van der Waals surface area (Å²) >= 11 is 0. The van der Waals surface area contributed by atoms with Crippen LogP contribution in [0.5, 0.6) is 0 Å². The highest BCUT2D eigenvalue weighted by Crippen LogP contribution is 2.38. The molecular weight excluding hydrogens is 292 g/mol. The monoisotopic (exact) mass is 310 g/mol. The zero-order valence-electron chi connectivity index (χ0n) is 13.9. The summed E-state index contributed by atoms with van der Waals surface area (Å²) in [7, 11) is 0. The maximum Gasteiger partial charge on any atom is 0.0931 e. The van der Waals surface area contributed by atoms with Crippen LogP contribution in [-0.4, -0.2) is 9.97 Å². The summed E-state index contributed by atoms with van der Waals surface area (Å²) in [6, 6.07) is 16.9. The number of pyridine rings is 2. The van der Waals surface area contributed by atoms with Crippen molar-refractivity contribution in [3.05, 3.63) is 70.8 Å². The molecule has 116 valence electrons. The molecule has 2 aromatic carbocycles. The lowest BCUT2D eigenvalue weighted by atomic mass is 9.85. The van der Waals surface area contributed by atoms with Gasteiger partial charge in [0.1, 0.15) is 0 Å². The fourth-order valence-corrected chi connectivity index (χ4v) is 4.09. The van der Waals surface area contributed by atoms with E-state index in [9.17, 15) is 0 Å². The van der Waals surface area contributed by atoms with Crippen LogP contribution in [-0.2, 0) is 12.8 Å². The Morgan fingerprint density at radius 3 is 1.50 bits per heavy atom. The summed E-state index contributed by atoms with van der Waals surface area (Å²) in [4.78, 5) is 10.0. The molecule has 2 aromatic heterocycles. The van der Waals surface area contributed by atoms with Gasteiger partial charge in [0.25, 0.3) is 0 Å². The number of rotatable bonds is 0. The van der Waals surface area contributed by atoms with Gasteiger partial charge in [0.05, 0.1) is 22.4 Å². The molecule has 2 nitrogen and oxygen atoms in total. The van der Waals surface area contributed by atoms with Crippen molar-refractivity contribution >= 4 is 21.8 Å². The first-order chi connectivity index (χ1) is 11.7. The second kappa shape index (κ2) is 4.88. The molecule has 24 heavy (non-hydrogen) atoms. The first-order valence-corrected chi connectivity index (χ1v) is 8.51. The van der Waals surface area contributed by atoms with E-state index in [0.29, 0.717) is 0 Å². The lowest BCUT2D eigenvalue weighted by molar-refractivity contribution is 0.904. The van der Waals surface area contributed by atoms with Crippen molar-refractivity contribution < 1.29 is 0 Å². The second-order valence-electron chi connectivity index (χ2n) is 6.66. The highest BCUT2D eigenvalue weighted by Gasteiger charge is 2.24. The Bertz CT molecular complexity index is 1030. The van der Waals surface area contributed by atoms with Crippen LogP contribution >= 0.6 is 0 Å². The van der Waals surface area contributed by atoms with Crippen LogP contribution in [0.25, 0.3) is 33.2 Å². The van der Waals surface area contributed by atoms with Gasteiger partial charge in [-0.1, -0.05) is 36.4 Å². The van der Waals surface area contributed by atoms with Crippen molar-refractivity contribution in [2.24, 2.45) is 0 Å². The number of fused-ring (bicyclic) bond motifs is 5. The van der Waals surface area contributed by atoms with E-state index in [1.807, 2.05) is 0 Å². The average Bonchev–Trinajstić information content (AvgIpc) is 2.62. The number of para-hydroxylation sites is 2. The lowest BCUT2D eigenvalue weighted by Crippen LogP contribution is -2.11. The van der Waals surface area contributed by atoms with Crippen molar-refractivity contribution in [3.63, 3.8) is 0 Å². The van der Waals surface area contributed by atoms with Crippen LogP contribution in [0, 0.1) is 13.8 Å². The third-order valence-electron chi connectivity index (χ3n) is 5.41. The molecular formula is C22H18N2. The molecule has 0 aliphatic heterocycles. The molecule has 0 amide bonds. The minimum atomic E-state index is 1.05. The Hall–Kier alpha value is -2.74. The van der Waals surface area contributed by atoms with Gasteiger partial charge in [0.2, 0.25) is 0 Å². The SMILES string of the molecule is Cc1c2c(nc3ccccc13)-c1nc3ccccc3c(C)c1CC2. The summed E-state index contributed by atoms with van der Waals surface area (Å²) in [5.74, 6) is 0. The summed E-state index contributed by atoms with van der Waals surface area (Å²) in [5, 5.41) is 2.52.